The number of carbonyl (C=O) groups excluding carboxylic acids is 1. The van der Waals surface area contributed by atoms with Crippen molar-refractivity contribution in [2.45, 2.75) is 19.6 Å². The molecular formula is C11H12INO3. The lowest BCUT2D eigenvalue weighted by Crippen LogP contribution is -2.34. The molecule has 16 heavy (non-hydrogen) atoms. The van der Waals surface area contributed by atoms with Crippen LogP contribution in [0.5, 0.6) is 0 Å². The van der Waals surface area contributed by atoms with Gasteiger partial charge in [0.05, 0.1) is 9.78 Å². The van der Waals surface area contributed by atoms with Gasteiger partial charge in [-0.15, -0.1) is 0 Å². The van der Waals surface area contributed by atoms with Gasteiger partial charge in [-0.2, -0.15) is 0 Å². The molecule has 4 nitrogen and oxygen atoms in total. The molecule has 0 aromatic heterocycles. The highest BCUT2D eigenvalue weighted by Gasteiger charge is 2.31. The zero-order chi connectivity index (χ0) is 11.8. The number of esters is 1. The van der Waals surface area contributed by atoms with E-state index in [1.165, 1.54) is 6.08 Å². The molecule has 0 aliphatic carbocycles. The van der Waals surface area contributed by atoms with Gasteiger partial charge < -0.3 is 15.2 Å². The Kier molecular flexibility index (Phi) is 2.88. The van der Waals surface area contributed by atoms with Gasteiger partial charge in [-0.25, -0.2) is 4.79 Å². The van der Waals surface area contributed by atoms with Crippen molar-refractivity contribution in [1.82, 2.24) is 0 Å². The molecule has 2 rings (SSSR count). The van der Waals surface area contributed by atoms with Gasteiger partial charge in [0.25, 0.3) is 0 Å². The SMILES string of the molecule is CC1(C)OC(=O)C=C(C2=CC=IC(N)=C2)O1. The third-order valence-corrected chi connectivity index (χ3v) is 3.71. The summed E-state index contributed by atoms with van der Waals surface area (Å²) in [6.45, 7) is 3.40. The lowest BCUT2D eigenvalue weighted by Gasteiger charge is -2.31. The van der Waals surface area contributed by atoms with Gasteiger partial charge in [-0.05, 0) is 16.2 Å². The van der Waals surface area contributed by atoms with Gasteiger partial charge in [0.1, 0.15) is 5.76 Å². The van der Waals surface area contributed by atoms with E-state index < -0.39 is 5.79 Å². The predicted octanol–water partition coefficient (Wildman–Crippen LogP) is 1.69. The first-order chi connectivity index (χ1) is 7.46. The molecule has 86 valence electrons. The lowest BCUT2D eigenvalue weighted by molar-refractivity contribution is -0.203. The van der Waals surface area contributed by atoms with Crippen molar-refractivity contribution in [3.8, 4) is 0 Å². The first-order valence-corrected chi connectivity index (χ1v) is 7.07. The molecule has 0 amide bonds. The monoisotopic (exact) mass is 333 g/mol. The zero-order valence-corrected chi connectivity index (χ0v) is 11.1. The Hall–Kier alpha value is -1.11. The van der Waals surface area contributed by atoms with Crippen LogP contribution in [0, 0.1) is 0 Å². The van der Waals surface area contributed by atoms with Crippen LogP contribution in [0.3, 0.4) is 0 Å². The Morgan fingerprint density at radius 1 is 1.31 bits per heavy atom. The van der Waals surface area contributed by atoms with Crippen LogP contribution in [-0.4, -0.2) is 15.8 Å². The van der Waals surface area contributed by atoms with Crippen molar-refractivity contribution < 1.29 is 14.3 Å². The first kappa shape index (κ1) is 11.4. The summed E-state index contributed by atoms with van der Waals surface area (Å²) in [4.78, 5) is 11.4. The maximum absolute atomic E-state index is 11.4. The normalized spacial score (nSPS) is 23.1. The second kappa shape index (κ2) is 4.04. The van der Waals surface area contributed by atoms with Gasteiger partial charge in [0, 0.05) is 19.4 Å². The fourth-order valence-corrected chi connectivity index (χ4v) is 2.89. The highest BCUT2D eigenvalue weighted by molar-refractivity contribution is 14.2. The largest absolute Gasteiger partial charge is 0.452 e. The molecular weight excluding hydrogens is 321 g/mol. The van der Waals surface area contributed by atoms with E-state index >= 15 is 0 Å². The van der Waals surface area contributed by atoms with Gasteiger partial charge in [-0.3, -0.25) is 0 Å². The summed E-state index contributed by atoms with van der Waals surface area (Å²) in [5.41, 5.74) is 6.60. The molecule has 0 radical (unpaired) electrons. The molecule has 0 bridgehead atoms. The molecule has 2 aliphatic heterocycles. The van der Waals surface area contributed by atoms with Gasteiger partial charge in [0.2, 0.25) is 5.79 Å². The maximum Gasteiger partial charge on any atom is 0.337 e. The number of rotatable bonds is 1. The third-order valence-electron chi connectivity index (χ3n) is 1.96. The predicted molar refractivity (Wildman–Crippen MR) is 69.8 cm³/mol. The van der Waals surface area contributed by atoms with Gasteiger partial charge >= 0.3 is 5.97 Å². The van der Waals surface area contributed by atoms with Crippen LogP contribution < -0.4 is 5.73 Å². The summed E-state index contributed by atoms with van der Waals surface area (Å²) in [7, 11) is 0. The van der Waals surface area contributed by atoms with E-state index in [1.807, 2.05) is 16.2 Å². The molecule has 0 saturated heterocycles. The molecule has 2 N–H and O–H groups in total. The standard InChI is InChI=1S/C11H12INO3/c1-11(2)15-8(6-10(14)16-11)7-3-4-12-9(13)5-7/h3-6H,13H2,1-2H3. The van der Waals surface area contributed by atoms with Crippen molar-refractivity contribution in [2.75, 3.05) is 0 Å². The van der Waals surface area contributed by atoms with Crippen LogP contribution in [0.2, 0.25) is 0 Å². The van der Waals surface area contributed by atoms with Crippen molar-refractivity contribution in [3.05, 3.63) is 33.3 Å². The first-order valence-electron chi connectivity index (χ1n) is 4.74. The summed E-state index contributed by atoms with van der Waals surface area (Å²) >= 11 is -0.195. The second-order valence-electron chi connectivity index (χ2n) is 3.82. The number of halogens is 1. The number of nitrogens with two attached hydrogens (primary N) is 1. The molecule has 5 heteroatoms. The van der Waals surface area contributed by atoms with Crippen molar-refractivity contribution in [2.24, 2.45) is 5.73 Å². The van der Waals surface area contributed by atoms with E-state index in [0.717, 1.165) is 9.28 Å². The van der Waals surface area contributed by atoms with Crippen LogP contribution in [0.25, 0.3) is 0 Å². The molecule has 0 aromatic carbocycles. The van der Waals surface area contributed by atoms with Crippen LogP contribution >= 0.6 is 20.7 Å². The molecule has 2 heterocycles. The Morgan fingerprint density at radius 2 is 2.06 bits per heavy atom. The molecule has 0 fully saturated rings. The Labute approximate surface area is 104 Å². The van der Waals surface area contributed by atoms with Gasteiger partial charge in [-0.1, -0.05) is 20.7 Å². The van der Waals surface area contributed by atoms with E-state index in [-0.39, 0.29) is 26.7 Å². The molecule has 2 aliphatic rings. The summed E-state index contributed by atoms with van der Waals surface area (Å²) in [6.07, 6.45) is 5.14. The quantitative estimate of drug-likeness (QED) is 0.451. The number of ether oxygens (including phenoxy) is 2. The topological polar surface area (TPSA) is 61.5 Å². The molecule has 0 atom stereocenters. The zero-order valence-electron chi connectivity index (χ0n) is 8.99. The maximum atomic E-state index is 11.4. The van der Waals surface area contributed by atoms with Crippen LogP contribution in [0.1, 0.15) is 13.8 Å². The summed E-state index contributed by atoms with van der Waals surface area (Å²) in [5, 5.41) is 0. The minimum absolute atomic E-state index is 0.195. The molecule has 0 spiro atoms. The lowest BCUT2D eigenvalue weighted by atomic mass is 10.1. The Balaban J connectivity index is 2.32. The van der Waals surface area contributed by atoms with Crippen LogP contribution in [0.15, 0.2) is 33.3 Å². The van der Waals surface area contributed by atoms with E-state index in [9.17, 15) is 4.79 Å². The van der Waals surface area contributed by atoms with E-state index in [1.54, 1.807) is 13.8 Å². The smallest absolute Gasteiger partial charge is 0.337 e. The minimum atomic E-state index is -0.920. The highest BCUT2D eigenvalue weighted by atomic mass is 127. The highest BCUT2D eigenvalue weighted by Crippen LogP contribution is 2.29. The number of allylic oxidation sites excluding steroid dienone is 2. The number of carbonyl (C=O) groups is 1. The summed E-state index contributed by atoms with van der Waals surface area (Å²) in [6, 6.07) is 0. The fraction of sp³-hybridized carbons (Fsp3) is 0.273. The summed E-state index contributed by atoms with van der Waals surface area (Å²) in [5.74, 6) is -0.791. The number of hydrogen-bond donors (Lipinski definition) is 1. The minimum Gasteiger partial charge on any atom is -0.452 e. The van der Waals surface area contributed by atoms with E-state index in [0.29, 0.717) is 5.76 Å². The molecule has 0 aromatic rings. The van der Waals surface area contributed by atoms with Crippen molar-refractivity contribution >= 4 is 30.7 Å². The average molecular weight is 333 g/mol. The number of cyclic esters (lactones) is 1. The molecule has 0 saturated carbocycles. The summed E-state index contributed by atoms with van der Waals surface area (Å²) < 4.78 is 13.5. The second-order valence-corrected chi connectivity index (χ2v) is 6.41. The Bertz CT molecular complexity index is 458. The Morgan fingerprint density at radius 3 is 2.69 bits per heavy atom. The fourth-order valence-electron chi connectivity index (χ4n) is 1.39. The van der Waals surface area contributed by atoms with Crippen molar-refractivity contribution in [1.29, 1.82) is 0 Å². The van der Waals surface area contributed by atoms with E-state index in [2.05, 4.69) is 0 Å². The van der Waals surface area contributed by atoms with E-state index in [4.69, 9.17) is 15.2 Å². The number of hydrogen-bond acceptors (Lipinski definition) is 4. The van der Waals surface area contributed by atoms with Crippen LogP contribution in [0.4, 0.5) is 0 Å². The van der Waals surface area contributed by atoms with Crippen molar-refractivity contribution in [3.63, 3.8) is 0 Å². The van der Waals surface area contributed by atoms with Crippen LogP contribution in [-0.2, 0) is 14.3 Å². The molecule has 0 unspecified atom stereocenters. The van der Waals surface area contributed by atoms with Gasteiger partial charge in [0.15, 0.2) is 0 Å². The third kappa shape index (κ3) is 2.52. The average Bonchev–Trinajstić information content (AvgIpc) is 2.14.